The summed E-state index contributed by atoms with van der Waals surface area (Å²) in [7, 11) is 0. The second-order valence-corrected chi connectivity index (χ2v) is 7.39. The van der Waals surface area contributed by atoms with Gasteiger partial charge in [0.05, 0.1) is 19.8 Å². The first kappa shape index (κ1) is 23.9. The topological polar surface area (TPSA) is 48.9 Å². The van der Waals surface area contributed by atoms with Gasteiger partial charge in [-0.25, -0.2) is 0 Å². The summed E-state index contributed by atoms with van der Waals surface area (Å²) in [6.07, 6.45) is 2.41. The molecule has 5 nitrogen and oxygen atoms in total. The predicted molar refractivity (Wildman–Crippen MR) is 115 cm³/mol. The molecule has 1 aliphatic heterocycles. The molecule has 1 rings (SSSR count). The maximum Gasteiger partial charge on any atom is 0.191 e. The number of nitrogens with one attached hydrogen (secondary N) is 2. The molecule has 1 fully saturated rings. The zero-order chi connectivity index (χ0) is 17.3. The molecule has 0 spiro atoms. The third-order valence-corrected chi connectivity index (χ3v) is 4.38. The van der Waals surface area contributed by atoms with E-state index in [9.17, 15) is 0 Å². The van der Waals surface area contributed by atoms with Gasteiger partial charge in [0.1, 0.15) is 0 Å². The molecule has 1 saturated heterocycles. The highest BCUT2D eigenvalue weighted by atomic mass is 127. The Kier molecular flexibility index (Phi) is 12.3. The van der Waals surface area contributed by atoms with Gasteiger partial charge in [-0.1, -0.05) is 26.7 Å². The van der Waals surface area contributed by atoms with Crippen LogP contribution in [0.3, 0.4) is 0 Å². The molecule has 2 N–H and O–H groups in total. The number of nitrogens with zero attached hydrogens (tertiary/aromatic N) is 2. The van der Waals surface area contributed by atoms with Crippen LogP contribution in [0, 0.1) is 5.92 Å². The summed E-state index contributed by atoms with van der Waals surface area (Å²) in [6, 6.07) is 0.504. The maximum absolute atomic E-state index is 5.52. The van der Waals surface area contributed by atoms with Crippen molar-refractivity contribution in [1.82, 2.24) is 15.5 Å². The Morgan fingerprint density at radius 1 is 1.12 bits per heavy atom. The van der Waals surface area contributed by atoms with Crippen molar-refractivity contribution in [2.24, 2.45) is 10.9 Å². The number of ether oxygens (including phenoxy) is 1. The van der Waals surface area contributed by atoms with E-state index in [1.165, 1.54) is 12.8 Å². The molecular weight excluding hydrogens is 415 g/mol. The molecule has 1 aliphatic rings. The monoisotopic (exact) mass is 454 g/mol. The normalized spacial score (nSPS) is 18.2. The van der Waals surface area contributed by atoms with E-state index in [0.717, 1.165) is 45.4 Å². The van der Waals surface area contributed by atoms with Crippen molar-refractivity contribution in [1.29, 1.82) is 0 Å². The third-order valence-electron chi connectivity index (χ3n) is 4.38. The first-order valence-corrected chi connectivity index (χ1v) is 9.29. The minimum Gasteiger partial charge on any atom is -0.379 e. The quantitative estimate of drug-likeness (QED) is 0.353. The summed E-state index contributed by atoms with van der Waals surface area (Å²) in [4.78, 5) is 7.48. The van der Waals surface area contributed by atoms with Crippen molar-refractivity contribution in [2.75, 3.05) is 39.4 Å². The van der Waals surface area contributed by atoms with Crippen LogP contribution in [0.4, 0.5) is 0 Å². The Hall–Kier alpha value is -0.0800. The van der Waals surface area contributed by atoms with Crippen LogP contribution in [0.2, 0.25) is 0 Å². The molecule has 144 valence electrons. The lowest BCUT2D eigenvalue weighted by Gasteiger charge is -2.38. The third kappa shape index (κ3) is 8.85. The first-order chi connectivity index (χ1) is 10.9. The van der Waals surface area contributed by atoms with Crippen LogP contribution in [-0.2, 0) is 4.74 Å². The van der Waals surface area contributed by atoms with E-state index in [1.54, 1.807) is 0 Å². The fourth-order valence-corrected chi connectivity index (χ4v) is 3.15. The van der Waals surface area contributed by atoms with Gasteiger partial charge in [-0.05, 0) is 33.6 Å². The molecule has 0 saturated carbocycles. The Balaban J connectivity index is 0.00000529. The molecule has 0 aliphatic carbocycles. The highest BCUT2D eigenvalue weighted by Crippen LogP contribution is 2.20. The lowest BCUT2D eigenvalue weighted by Crippen LogP contribution is -2.50. The van der Waals surface area contributed by atoms with Crippen molar-refractivity contribution in [3.8, 4) is 0 Å². The molecule has 1 unspecified atom stereocenters. The van der Waals surface area contributed by atoms with Gasteiger partial charge in [0.25, 0.3) is 0 Å². The molecule has 0 radical (unpaired) electrons. The number of hydrogen-bond acceptors (Lipinski definition) is 3. The minimum absolute atomic E-state index is 0. The fraction of sp³-hybridized carbons (Fsp3) is 0.944. The van der Waals surface area contributed by atoms with E-state index < -0.39 is 0 Å². The highest BCUT2D eigenvalue weighted by molar-refractivity contribution is 14.0. The lowest BCUT2D eigenvalue weighted by atomic mass is 9.92. The van der Waals surface area contributed by atoms with Crippen LogP contribution in [0.15, 0.2) is 4.99 Å². The van der Waals surface area contributed by atoms with Crippen molar-refractivity contribution in [3.05, 3.63) is 0 Å². The average Bonchev–Trinajstić information content (AvgIpc) is 2.51. The molecule has 0 aromatic rings. The Labute approximate surface area is 166 Å². The average molecular weight is 454 g/mol. The molecule has 24 heavy (non-hydrogen) atoms. The van der Waals surface area contributed by atoms with Gasteiger partial charge in [0.2, 0.25) is 0 Å². The first-order valence-electron chi connectivity index (χ1n) is 9.29. The van der Waals surface area contributed by atoms with Crippen LogP contribution in [0.1, 0.15) is 54.4 Å². The summed E-state index contributed by atoms with van der Waals surface area (Å²) in [5.41, 5.74) is 0.0182. The number of guanidine groups is 1. The number of halogens is 1. The summed E-state index contributed by atoms with van der Waals surface area (Å²) < 4.78 is 5.52. The van der Waals surface area contributed by atoms with Crippen molar-refractivity contribution >= 4 is 29.9 Å². The highest BCUT2D eigenvalue weighted by Gasteiger charge is 2.27. The van der Waals surface area contributed by atoms with E-state index in [-0.39, 0.29) is 29.5 Å². The van der Waals surface area contributed by atoms with Crippen molar-refractivity contribution < 1.29 is 4.74 Å². The second-order valence-electron chi connectivity index (χ2n) is 7.39. The molecule has 0 aromatic heterocycles. The summed E-state index contributed by atoms with van der Waals surface area (Å²) in [5.74, 6) is 1.61. The van der Waals surface area contributed by atoms with E-state index in [1.807, 2.05) is 0 Å². The van der Waals surface area contributed by atoms with Crippen LogP contribution in [-0.4, -0.2) is 61.8 Å². The standard InChI is InChI=1S/C18H38N4O.HI/c1-7-15(8-2)16(22-10-12-23-13-11-22)14-20-17(19-9-3)21-18(4,5)6;/h15-16H,7-14H2,1-6H3,(H2,19,20,21);1H. The second kappa shape index (κ2) is 12.3. The number of rotatable bonds is 7. The van der Waals surface area contributed by atoms with Crippen molar-refractivity contribution in [3.63, 3.8) is 0 Å². The van der Waals surface area contributed by atoms with Gasteiger partial charge in [-0.3, -0.25) is 9.89 Å². The van der Waals surface area contributed by atoms with Gasteiger partial charge in [-0.15, -0.1) is 24.0 Å². The van der Waals surface area contributed by atoms with Crippen molar-refractivity contribution in [2.45, 2.75) is 66.0 Å². The number of morpholine rings is 1. The van der Waals surface area contributed by atoms with Gasteiger partial charge in [0, 0.05) is 31.2 Å². The zero-order valence-electron chi connectivity index (χ0n) is 16.5. The summed E-state index contributed by atoms with van der Waals surface area (Å²) in [5, 5.41) is 6.85. The van der Waals surface area contributed by atoms with Gasteiger partial charge < -0.3 is 15.4 Å². The van der Waals surface area contributed by atoms with E-state index in [4.69, 9.17) is 9.73 Å². The van der Waals surface area contributed by atoms with Gasteiger partial charge in [0.15, 0.2) is 5.96 Å². The van der Waals surface area contributed by atoms with E-state index >= 15 is 0 Å². The predicted octanol–water partition coefficient (Wildman–Crippen LogP) is 3.10. The fourth-order valence-electron chi connectivity index (χ4n) is 3.15. The summed E-state index contributed by atoms with van der Waals surface area (Å²) in [6.45, 7) is 18.7. The molecule has 1 heterocycles. The Bertz CT molecular complexity index is 347. The molecule has 1 atom stereocenters. The number of hydrogen-bond donors (Lipinski definition) is 2. The SMILES string of the molecule is CCNC(=NCC(C(CC)CC)N1CCOCC1)NC(C)(C)C.I. The number of aliphatic imine (C=N–C) groups is 1. The van der Waals surface area contributed by atoms with Crippen LogP contribution < -0.4 is 10.6 Å². The largest absolute Gasteiger partial charge is 0.379 e. The molecular formula is C18H39IN4O. The van der Waals surface area contributed by atoms with E-state index in [0.29, 0.717) is 12.0 Å². The molecule has 0 bridgehead atoms. The molecule has 6 heteroatoms. The Morgan fingerprint density at radius 2 is 1.71 bits per heavy atom. The Morgan fingerprint density at radius 3 is 2.17 bits per heavy atom. The van der Waals surface area contributed by atoms with Crippen LogP contribution in [0.25, 0.3) is 0 Å². The van der Waals surface area contributed by atoms with E-state index in [2.05, 4.69) is 57.1 Å². The molecule has 0 aromatic carbocycles. The summed E-state index contributed by atoms with van der Waals surface area (Å²) >= 11 is 0. The maximum atomic E-state index is 5.52. The smallest absolute Gasteiger partial charge is 0.191 e. The lowest BCUT2D eigenvalue weighted by molar-refractivity contribution is 0.00394. The minimum atomic E-state index is 0. The zero-order valence-corrected chi connectivity index (χ0v) is 18.9. The molecule has 0 amide bonds. The van der Waals surface area contributed by atoms with Gasteiger partial charge in [-0.2, -0.15) is 0 Å². The van der Waals surface area contributed by atoms with Crippen LogP contribution >= 0.6 is 24.0 Å². The van der Waals surface area contributed by atoms with Crippen LogP contribution in [0.5, 0.6) is 0 Å². The van der Waals surface area contributed by atoms with Gasteiger partial charge >= 0.3 is 0 Å².